The summed E-state index contributed by atoms with van der Waals surface area (Å²) < 4.78 is 0. The average molecular weight is 186 g/mol. The van der Waals surface area contributed by atoms with E-state index in [0.29, 0.717) is 13.0 Å². The highest BCUT2D eigenvalue weighted by molar-refractivity contribution is 5.83. The van der Waals surface area contributed by atoms with Crippen molar-refractivity contribution in [2.45, 2.75) is 39.2 Å². The molecule has 0 rings (SSSR count). The maximum atomic E-state index is 10.7. The lowest BCUT2D eigenvalue weighted by Crippen LogP contribution is -2.19. The average Bonchev–Trinajstić information content (AvgIpc) is 2.02. The van der Waals surface area contributed by atoms with Gasteiger partial charge in [-0.15, -0.1) is 0 Å². The van der Waals surface area contributed by atoms with Gasteiger partial charge in [0.15, 0.2) is 0 Å². The maximum absolute atomic E-state index is 10.7. The summed E-state index contributed by atoms with van der Waals surface area (Å²) in [7, 11) is 0. The van der Waals surface area contributed by atoms with Crippen molar-refractivity contribution in [2.24, 2.45) is 10.7 Å². The van der Waals surface area contributed by atoms with Crippen molar-refractivity contribution in [1.29, 1.82) is 0 Å². The zero-order valence-electron chi connectivity index (χ0n) is 8.29. The Hall–Kier alpha value is -0.900. The lowest BCUT2D eigenvalue weighted by atomic mass is 10.1. The van der Waals surface area contributed by atoms with Gasteiger partial charge in [0.1, 0.15) is 6.04 Å². The Labute approximate surface area is 78.8 Å². The Morgan fingerprint density at radius 1 is 1.46 bits per heavy atom. The minimum absolute atomic E-state index is 0.581. The molecule has 0 aliphatic heterocycles. The van der Waals surface area contributed by atoms with E-state index in [1.807, 2.05) is 0 Å². The van der Waals surface area contributed by atoms with Gasteiger partial charge in [-0.25, -0.2) is 4.79 Å². The number of hydrogen-bond donors (Lipinski definition) is 2. The number of hydrogen-bond acceptors (Lipinski definition) is 3. The first-order valence-corrected chi connectivity index (χ1v) is 4.51. The number of aliphatic imine (C=N–C) groups is 1. The van der Waals surface area contributed by atoms with Gasteiger partial charge in [-0.1, -0.05) is 0 Å². The first-order valence-electron chi connectivity index (χ1n) is 4.51. The van der Waals surface area contributed by atoms with Gasteiger partial charge in [0.05, 0.1) is 0 Å². The molecule has 0 spiro atoms. The number of rotatable bonds is 6. The molecule has 4 heteroatoms. The van der Waals surface area contributed by atoms with E-state index in [-0.39, 0.29) is 0 Å². The van der Waals surface area contributed by atoms with Crippen LogP contribution in [-0.2, 0) is 4.79 Å². The normalized spacial score (nSPS) is 12.2. The third-order valence-corrected chi connectivity index (χ3v) is 1.63. The fourth-order valence-corrected chi connectivity index (χ4v) is 1.04. The molecule has 0 saturated heterocycles. The largest absolute Gasteiger partial charge is 0.480 e. The second kappa shape index (κ2) is 6.60. The van der Waals surface area contributed by atoms with E-state index in [1.165, 1.54) is 0 Å². The molecule has 0 saturated carbocycles. The lowest BCUT2D eigenvalue weighted by molar-refractivity contribution is -0.138. The Kier molecular flexibility index (Phi) is 6.14. The van der Waals surface area contributed by atoms with E-state index in [0.717, 1.165) is 18.6 Å². The third-order valence-electron chi connectivity index (χ3n) is 1.63. The highest BCUT2D eigenvalue weighted by Crippen LogP contribution is 2.05. The SMILES string of the molecule is CC(C)=N[C@@H](CCCCN)C(=O)O. The van der Waals surface area contributed by atoms with Crippen molar-refractivity contribution in [2.75, 3.05) is 6.54 Å². The number of carbonyl (C=O) groups is 1. The van der Waals surface area contributed by atoms with Gasteiger partial charge >= 0.3 is 5.97 Å². The Balaban J connectivity index is 3.96. The highest BCUT2D eigenvalue weighted by atomic mass is 16.4. The molecule has 0 unspecified atom stereocenters. The predicted molar refractivity (Wildman–Crippen MR) is 53.1 cm³/mol. The molecular weight excluding hydrogens is 168 g/mol. The zero-order valence-corrected chi connectivity index (χ0v) is 8.29. The monoisotopic (exact) mass is 186 g/mol. The van der Waals surface area contributed by atoms with E-state index in [1.54, 1.807) is 13.8 Å². The fourth-order valence-electron chi connectivity index (χ4n) is 1.04. The number of carboxylic acid groups (broad SMARTS) is 1. The molecule has 0 aliphatic carbocycles. The predicted octanol–water partition coefficient (Wildman–Crippen LogP) is 1.05. The summed E-state index contributed by atoms with van der Waals surface area (Å²) in [6.45, 7) is 4.22. The summed E-state index contributed by atoms with van der Waals surface area (Å²) in [5.41, 5.74) is 6.11. The Morgan fingerprint density at radius 2 is 2.08 bits per heavy atom. The van der Waals surface area contributed by atoms with Crippen LogP contribution >= 0.6 is 0 Å². The zero-order chi connectivity index (χ0) is 10.3. The van der Waals surface area contributed by atoms with Gasteiger partial charge < -0.3 is 10.8 Å². The molecule has 0 fully saturated rings. The molecule has 0 bridgehead atoms. The minimum atomic E-state index is -0.849. The molecular formula is C9H18N2O2. The van der Waals surface area contributed by atoms with Crippen LogP contribution in [0.3, 0.4) is 0 Å². The second-order valence-electron chi connectivity index (χ2n) is 3.21. The van der Waals surface area contributed by atoms with Crippen LogP contribution in [0.25, 0.3) is 0 Å². The summed E-state index contributed by atoms with van der Waals surface area (Å²) in [6, 6.07) is -0.587. The number of unbranched alkanes of at least 4 members (excludes halogenated alkanes) is 1. The molecule has 3 N–H and O–H groups in total. The van der Waals surface area contributed by atoms with Crippen molar-refractivity contribution in [3.63, 3.8) is 0 Å². The fraction of sp³-hybridized carbons (Fsp3) is 0.778. The van der Waals surface area contributed by atoms with Crippen LogP contribution in [0.5, 0.6) is 0 Å². The second-order valence-corrected chi connectivity index (χ2v) is 3.21. The third kappa shape index (κ3) is 6.28. The Bertz CT molecular complexity index is 186. The van der Waals surface area contributed by atoms with E-state index < -0.39 is 12.0 Å². The van der Waals surface area contributed by atoms with Gasteiger partial charge in [0.25, 0.3) is 0 Å². The molecule has 0 aromatic carbocycles. The molecule has 0 aliphatic rings. The molecule has 0 radical (unpaired) electrons. The molecule has 4 nitrogen and oxygen atoms in total. The van der Waals surface area contributed by atoms with Crippen LogP contribution in [-0.4, -0.2) is 29.4 Å². The number of aliphatic carboxylic acids is 1. The van der Waals surface area contributed by atoms with Crippen LogP contribution in [0.15, 0.2) is 4.99 Å². The number of nitrogens with two attached hydrogens (primary N) is 1. The van der Waals surface area contributed by atoms with Crippen molar-refractivity contribution < 1.29 is 9.90 Å². The van der Waals surface area contributed by atoms with Crippen molar-refractivity contribution in [3.05, 3.63) is 0 Å². The summed E-state index contributed by atoms with van der Waals surface area (Å²) in [4.78, 5) is 14.7. The molecule has 0 heterocycles. The van der Waals surface area contributed by atoms with Crippen LogP contribution < -0.4 is 5.73 Å². The van der Waals surface area contributed by atoms with Crippen molar-refractivity contribution in [1.82, 2.24) is 0 Å². The molecule has 76 valence electrons. The first kappa shape index (κ1) is 12.1. The van der Waals surface area contributed by atoms with E-state index in [9.17, 15) is 4.79 Å². The van der Waals surface area contributed by atoms with Crippen molar-refractivity contribution in [3.8, 4) is 0 Å². The Morgan fingerprint density at radius 3 is 2.46 bits per heavy atom. The van der Waals surface area contributed by atoms with E-state index >= 15 is 0 Å². The molecule has 0 aromatic heterocycles. The summed E-state index contributed by atoms with van der Waals surface area (Å²) >= 11 is 0. The molecule has 0 amide bonds. The minimum Gasteiger partial charge on any atom is -0.480 e. The van der Waals surface area contributed by atoms with Crippen LogP contribution in [0.1, 0.15) is 33.1 Å². The van der Waals surface area contributed by atoms with Gasteiger partial charge in [-0.3, -0.25) is 4.99 Å². The van der Waals surface area contributed by atoms with Gasteiger partial charge in [0, 0.05) is 5.71 Å². The summed E-state index contributed by atoms with van der Waals surface area (Å²) in [5, 5.41) is 8.78. The molecule has 0 aromatic rings. The first-order chi connectivity index (χ1) is 6.07. The summed E-state index contributed by atoms with van der Waals surface area (Å²) in [5.74, 6) is -0.849. The van der Waals surface area contributed by atoms with Gasteiger partial charge in [-0.05, 0) is 39.7 Å². The number of nitrogens with zero attached hydrogens (tertiary/aromatic N) is 1. The van der Waals surface area contributed by atoms with Crippen molar-refractivity contribution >= 4 is 11.7 Å². The van der Waals surface area contributed by atoms with Gasteiger partial charge in [0.2, 0.25) is 0 Å². The van der Waals surface area contributed by atoms with Crippen LogP contribution in [0.2, 0.25) is 0 Å². The lowest BCUT2D eigenvalue weighted by Gasteiger charge is -2.07. The maximum Gasteiger partial charge on any atom is 0.328 e. The van der Waals surface area contributed by atoms with Crippen LogP contribution in [0.4, 0.5) is 0 Å². The van der Waals surface area contributed by atoms with E-state index in [4.69, 9.17) is 10.8 Å². The van der Waals surface area contributed by atoms with Gasteiger partial charge in [-0.2, -0.15) is 0 Å². The van der Waals surface area contributed by atoms with E-state index in [2.05, 4.69) is 4.99 Å². The molecule has 1 atom stereocenters. The van der Waals surface area contributed by atoms with Crippen LogP contribution in [0, 0.1) is 0 Å². The quantitative estimate of drug-likeness (QED) is 0.481. The topological polar surface area (TPSA) is 75.7 Å². The smallest absolute Gasteiger partial charge is 0.328 e. The summed E-state index contributed by atoms with van der Waals surface area (Å²) in [6.07, 6.45) is 2.27. The standard InChI is InChI=1S/C9H18N2O2/c1-7(2)11-8(9(12)13)5-3-4-6-10/h8H,3-6,10H2,1-2H3,(H,12,13)/t8-/m0/s1. The highest BCUT2D eigenvalue weighted by Gasteiger charge is 2.14. The molecule has 13 heavy (non-hydrogen) atoms. The number of carboxylic acids is 1.